The van der Waals surface area contributed by atoms with E-state index >= 15 is 0 Å². The van der Waals surface area contributed by atoms with Crippen LogP contribution >= 0.6 is 23.4 Å². The minimum atomic E-state index is -1.92. The zero-order valence-corrected chi connectivity index (χ0v) is 27.5. The Hall–Kier alpha value is -2.70. The summed E-state index contributed by atoms with van der Waals surface area (Å²) in [6, 6.07) is 16.4. The minimum absolute atomic E-state index is 0.0459. The van der Waals surface area contributed by atoms with Gasteiger partial charge in [0.1, 0.15) is 24.1 Å². The number of hydrogen-bond donors (Lipinski definition) is 5. The molecule has 2 aliphatic rings. The molecule has 2 saturated carbocycles. The van der Waals surface area contributed by atoms with Gasteiger partial charge < -0.3 is 35.2 Å². The quantitative estimate of drug-likeness (QED) is 0.106. The van der Waals surface area contributed by atoms with Crippen LogP contribution in [-0.4, -0.2) is 97.8 Å². The molecular formula is C35H43ClN2O7S. The van der Waals surface area contributed by atoms with Gasteiger partial charge >= 0.3 is 0 Å². The van der Waals surface area contributed by atoms with Crippen LogP contribution in [0.3, 0.4) is 0 Å². The highest BCUT2D eigenvalue weighted by Gasteiger charge is 2.45. The molecule has 2 aromatic carbocycles. The number of aromatic nitrogens is 1. The number of pyridine rings is 1. The number of rotatable bonds is 17. The highest BCUT2D eigenvalue weighted by Crippen LogP contribution is 2.55. The van der Waals surface area contributed by atoms with E-state index in [1.54, 1.807) is 11.8 Å². The fourth-order valence-electron chi connectivity index (χ4n) is 5.72. The highest BCUT2D eigenvalue weighted by molar-refractivity contribution is 7.99. The number of thioether (sulfide) groups is 1. The molecule has 248 valence electrons. The van der Waals surface area contributed by atoms with Crippen molar-refractivity contribution in [2.45, 2.75) is 85.8 Å². The first kappa shape index (κ1) is 34.6. The Bertz CT molecular complexity index is 1480. The van der Waals surface area contributed by atoms with Crippen molar-refractivity contribution in [3.8, 4) is 16.9 Å². The average Bonchev–Trinajstić information content (AvgIpc) is 4.02. The van der Waals surface area contributed by atoms with Crippen molar-refractivity contribution in [3.63, 3.8) is 0 Å². The number of likely N-dealkylation sites (N-methyl/N-ethyl adjacent to an activating group) is 1. The second kappa shape index (κ2) is 15.5. The zero-order valence-electron chi connectivity index (χ0n) is 26.0. The summed E-state index contributed by atoms with van der Waals surface area (Å²) < 4.78 is 6.26. The molecule has 2 aliphatic carbocycles. The first-order valence-corrected chi connectivity index (χ1v) is 17.2. The van der Waals surface area contributed by atoms with Gasteiger partial charge in [-0.1, -0.05) is 29.8 Å². The lowest BCUT2D eigenvalue weighted by Crippen LogP contribution is -2.52. The molecule has 0 aliphatic heterocycles. The minimum Gasteiger partial charge on any atom is -0.490 e. The third-order valence-corrected chi connectivity index (χ3v) is 10.4. The molecule has 5 N–H and O–H groups in total. The lowest BCUT2D eigenvalue weighted by atomic mass is 9.85. The largest absolute Gasteiger partial charge is 0.490 e. The fourth-order valence-corrected chi connectivity index (χ4v) is 6.83. The first-order chi connectivity index (χ1) is 22.1. The standard InChI is InChI=1S/C35H43ClN2O7S/c1-38(34(44)33(43)32(42)31(41)29(40)21-39)17-4-18-46-24-9-10-28(36)22(19-24)11-13-35(14-15-35)27-20-37-16-12-25(27)26-5-2-3-6-30(26)45-23-7-8-23/h2-3,5-6,9-10,12,16,19-20,23,29,31-33,39-43H,4,7-8,11,13-15,17-18,21H2,1H3/t29-,31+,32-,33-/m0/s1. The molecule has 1 amide bonds. The van der Waals surface area contributed by atoms with Gasteiger partial charge in [0.25, 0.3) is 5.91 Å². The van der Waals surface area contributed by atoms with Crippen molar-refractivity contribution >= 4 is 29.3 Å². The molecule has 4 atom stereocenters. The van der Waals surface area contributed by atoms with Crippen LogP contribution in [0.1, 0.15) is 49.7 Å². The Morgan fingerprint density at radius 2 is 1.85 bits per heavy atom. The maximum absolute atomic E-state index is 12.5. The first-order valence-electron chi connectivity index (χ1n) is 15.8. The molecule has 46 heavy (non-hydrogen) atoms. The van der Waals surface area contributed by atoms with Crippen molar-refractivity contribution in [3.05, 3.63) is 77.1 Å². The summed E-state index contributed by atoms with van der Waals surface area (Å²) in [5.41, 5.74) is 4.70. The number of para-hydroxylation sites is 1. The van der Waals surface area contributed by atoms with Crippen molar-refractivity contribution in [1.82, 2.24) is 9.88 Å². The van der Waals surface area contributed by atoms with E-state index in [0.717, 1.165) is 65.3 Å². The summed E-state index contributed by atoms with van der Waals surface area (Å²) in [5.74, 6) is 0.858. The lowest BCUT2D eigenvalue weighted by molar-refractivity contribution is -0.157. The number of benzene rings is 2. The van der Waals surface area contributed by atoms with Gasteiger partial charge in [0.2, 0.25) is 0 Å². The molecule has 11 heteroatoms. The number of aliphatic hydroxyl groups excluding tert-OH is 5. The number of ether oxygens (including phenoxy) is 1. The average molecular weight is 671 g/mol. The van der Waals surface area contributed by atoms with E-state index in [1.807, 2.05) is 30.6 Å². The summed E-state index contributed by atoms with van der Waals surface area (Å²) in [5, 5.41) is 49.1. The summed E-state index contributed by atoms with van der Waals surface area (Å²) in [6.45, 7) is -0.490. The summed E-state index contributed by atoms with van der Waals surface area (Å²) in [6.07, 6.45) is 3.65. The van der Waals surface area contributed by atoms with Crippen molar-refractivity contribution in [2.24, 2.45) is 0 Å². The molecule has 0 radical (unpaired) electrons. The Balaban J connectivity index is 1.16. The van der Waals surface area contributed by atoms with Crippen LogP contribution in [0, 0.1) is 0 Å². The third-order valence-electron chi connectivity index (χ3n) is 8.92. The summed E-state index contributed by atoms with van der Waals surface area (Å²) >= 11 is 8.31. The number of nitrogens with zero attached hydrogens (tertiary/aromatic N) is 2. The predicted octanol–water partition coefficient (Wildman–Crippen LogP) is 3.98. The smallest absolute Gasteiger partial charge is 0.253 e. The monoisotopic (exact) mass is 670 g/mol. The van der Waals surface area contributed by atoms with Gasteiger partial charge in [0.05, 0.1) is 12.7 Å². The molecule has 3 aromatic rings. The normalized spacial score (nSPS) is 18.0. The molecule has 9 nitrogen and oxygen atoms in total. The molecule has 0 bridgehead atoms. The van der Waals surface area contributed by atoms with Crippen LogP contribution in [0.2, 0.25) is 5.02 Å². The molecule has 0 saturated heterocycles. The van der Waals surface area contributed by atoms with Crippen LogP contribution in [0.5, 0.6) is 5.75 Å². The van der Waals surface area contributed by atoms with Gasteiger partial charge in [-0.2, -0.15) is 0 Å². The second-order valence-electron chi connectivity index (χ2n) is 12.4. The Kier molecular flexibility index (Phi) is 11.6. The maximum atomic E-state index is 12.5. The van der Waals surface area contributed by atoms with Gasteiger partial charge in [0.15, 0.2) is 6.10 Å². The number of carbonyl (C=O) groups excluding carboxylic acids is 1. The van der Waals surface area contributed by atoms with E-state index in [9.17, 15) is 25.2 Å². The van der Waals surface area contributed by atoms with Crippen molar-refractivity contribution in [2.75, 3.05) is 26.0 Å². The summed E-state index contributed by atoms with van der Waals surface area (Å²) in [7, 11) is 1.50. The van der Waals surface area contributed by atoms with Gasteiger partial charge in [-0.25, -0.2) is 0 Å². The SMILES string of the molecule is CN(CCCSc1ccc(Cl)c(CCC2(c3cnccc3-c3ccccc3OC3CC3)CC2)c1)C(=O)[C@@H](O)[C@@H](O)[C@H](O)[C@@H](O)CO. The van der Waals surface area contributed by atoms with Crippen LogP contribution in [0.25, 0.3) is 11.1 Å². The number of aliphatic hydroxyl groups is 5. The van der Waals surface area contributed by atoms with E-state index in [0.29, 0.717) is 24.8 Å². The fraction of sp³-hybridized carbons (Fsp3) is 0.486. The molecule has 1 heterocycles. The maximum Gasteiger partial charge on any atom is 0.253 e. The van der Waals surface area contributed by atoms with Gasteiger partial charge in [-0.3, -0.25) is 9.78 Å². The van der Waals surface area contributed by atoms with Gasteiger partial charge in [0, 0.05) is 41.5 Å². The van der Waals surface area contributed by atoms with Crippen molar-refractivity contribution < 1.29 is 35.1 Å². The number of halogens is 1. The van der Waals surface area contributed by atoms with Crippen LogP contribution in [0.15, 0.2) is 65.8 Å². The van der Waals surface area contributed by atoms with E-state index in [1.165, 1.54) is 23.1 Å². The van der Waals surface area contributed by atoms with Gasteiger partial charge in [-0.15, -0.1) is 11.8 Å². The van der Waals surface area contributed by atoms with Crippen LogP contribution in [-0.2, 0) is 16.6 Å². The Morgan fingerprint density at radius 3 is 2.57 bits per heavy atom. The Labute approximate surface area is 279 Å². The second-order valence-corrected chi connectivity index (χ2v) is 14.0. The van der Waals surface area contributed by atoms with E-state index in [2.05, 4.69) is 35.3 Å². The molecular weight excluding hydrogens is 628 g/mol. The third kappa shape index (κ3) is 8.41. The number of aryl methyl sites for hydroxylation is 1. The van der Waals surface area contributed by atoms with Crippen LogP contribution in [0.4, 0.5) is 0 Å². The van der Waals surface area contributed by atoms with Crippen molar-refractivity contribution in [1.29, 1.82) is 0 Å². The van der Waals surface area contributed by atoms with Crippen LogP contribution < -0.4 is 4.74 Å². The summed E-state index contributed by atoms with van der Waals surface area (Å²) in [4.78, 5) is 19.4. The topological polar surface area (TPSA) is 144 Å². The number of hydrogen-bond acceptors (Lipinski definition) is 9. The number of amides is 1. The zero-order chi connectivity index (χ0) is 32.8. The molecule has 2 fully saturated rings. The molecule has 0 spiro atoms. The highest BCUT2D eigenvalue weighted by atomic mass is 35.5. The predicted molar refractivity (Wildman–Crippen MR) is 178 cm³/mol. The van der Waals surface area contributed by atoms with E-state index in [4.69, 9.17) is 21.4 Å². The molecule has 5 rings (SSSR count). The molecule has 0 unspecified atom stereocenters. The van der Waals surface area contributed by atoms with Gasteiger partial charge in [-0.05, 0) is 103 Å². The molecule has 1 aromatic heterocycles. The Morgan fingerprint density at radius 1 is 1.09 bits per heavy atom. The number of carbonyl (C=O) groups is 1. The van der Waals surface area contributed by atoms with E-state index < -0.39 is 36.9 Å². The van der Waals surface area contributed by atoms with E-state index in [-0.39, 0.29) is 5.41 Å². The lowest BCUT2D eigenvalue weighted by Gasteiger charge is -2.28.